The van der Waals surface area contributed by atoms with Crippen molar-refractivity contribution in [3.63, 3.8) is 0 Å². The minimum absolute atomic E-state index is 0.0105. The minimum atomic E-state index is -0.541. The first-order valence-electron chi connectivity index (χ1n) is 9.19. The number of carbonyl (C=O) groups is 1. The number of rotatable bonds is 9. The molecule has 1 aromatic heterocycles. The number of ether oxygens (including phenoxy) is 4. The zero-order chi connectivity index (χ0) is 21.3. The zero-order valence-electron chi connectivity index (χ0n) is 16.7. The molecule has 0 spiro atoms. The number of carbonyl (C=O) groups excluding carboxylic acids is 1. The molecule has 1 heterocycles. The Morgan fingerprint density at radius 3 is 1.90 bits per heavy atom. The van der Waals surface area contributed by atoms with Crippen molar-refractivity contribution in [2.75, 3.05) is 13.2 Å². The van der Waals surface area contributed by atoms with E-state index in [1.54, 1.807) is 12.1 Å². The highest BCUT2D eigenvalue weighted by Gasteiger charge is 2.12. The second kappa shape index (κ2) is 10.0. The summed E-state index contributed by atoms with van der Waals surface area (Å²) in [4.78, 5) is 23.6. The highest BCUT2D eigenvalue weighted by molar-refractivity contribution is 5.81. The number of nitrogens with zero attached hydrogens (tertiary/aromatic N) is 3. The van der Waals surface area contributed by atoms with Crippen molar-refractivity contribution >= 4 is 5.97 Å². The fourth-order valence-corrected chi connectivity index (χ4v) is 2.38. The topological polar surface area (TPSA) is 92.7 Å². The fraction of sp³-hybridized carbons (Fsp3) is 0.182. The van der Waals surface area contributed by atoms with Gasteiger partial charge in [0, 0.05) is 6.08 Å². The molecule has 30 heavy (non-hydrogen) atoms. The first kappa shape index (κ1) is 20.8. The summed E-state index contributed by atoms with van der Waals surface area (Å²) in [6, 6.07) is 14.9. The number of benzene rings is 2. The Morgan fingerprint density at radius 2 is 1.40 bits per heavy atom. The predicted octanol–water partition coefficient (Wildman–Crippen LogP) is 4.18. The highest BCUT2D eigenvalue weighted by atomic mass is 16.6. The highest BCUT2D eigenvalue weighted by Crippen LogP contribution is 2.25. The van der Waals surface area contributed by atoms with Crippen LogP contribution in [-0.4, -0.2) is 34.1 Å². The molecule has 154 valence electrons. The van der Waals surface area contributed by atoms with Crippen molar-refractivity contribution < 1.29 is 23.7 Å². The Morgan fingerprint density at radius 1 is 0.867 bits per heavy atom. The molecule has 0 unspecified atom stereocenters. The summed E-state index contributed by atoms with van der Waals surface area (Å²) in [6.07, 6.45) is 1.07. The van der Waals surface area contributed by atoms with Crippen molar-refractivity contribution in [1.82, 2.24) is 15.0 Å². The number of aromatic nitrogens is 3. The van der Waals surface area contributed by atoms with Crippen LogP contribution in [0.2, 0.25) is 0 Å². The van der Waals surface area contributed by atoms with Crippen molar-refractivity contribution in [2.45, 2.75) is 13.8 Å². The van der Waals surface area contributed by atoms with Crippen LogP contribution >= 0.6 is 0 Å². The van der Waals surface area contributed by atoms with Gasteiger partial charge in [-0.05, 0) is 49.2 Å². The fourth-order valence-electron chi connectivity index (χ4n) is 2.38. The molecular formula is C22H21N3O5. The van der Waals surface area contributed by atoms with E-state index in [0.717, 1.165) is 17.2 Å². The van der Waals surface area contributed by atoms with Crippen molar-refractivity contribution in [3.8, 4) is 29.5 Å². The molecular weight excluding hydrogens is 386 g/mol. The monoisotopic (exact) mass is 407 g/mol. The maximum atomic E-state index is 11.1. The van der Waals surface area contributed by atoms with Crippen LogP contribution in [0.4, 0.5) is 0 Å². The van der Waals surface area contributed by atoms with E-state index in [1.807, 2.05) is 50.2 Å². The van der Waals surface area contributed by atoms with Crippen molar-refractivity contribution in [3.05, 3.63) is 72.3 Å². The minimum Gasteiger partial charge on any atom is -0.460 e. The molecule has 0 N–H and O–H groups in total. The molecule has 0 fully saturated rings. The van der Waals surface area contributed by atoms with Gasteiger partial charge < -0.3 is 18.9 Å². The van der Waals surface area contributed by atoms with Gasteiger partial charge >= 0.3 is 24.0 Å². The summed E-state index contributed by atoms with van der Waals surface area (Å²) >= 11 is 0. The number of aryl methyl sites for hydroxylation is 2. The number of hydrogen-bond acceptors (Lipinski definition) is 8. The van der Waals surface area contributed by atoms with Gasteiger partial charge in [0.15, 0.2) is 0 Å². The van der Waals surface area contributed by atoms with E-state index < -0.39 is 5.97 Å². The molecule has 0 radical (unpaired) electrons. The zero-order valence-corrected chi connectivity index (χ0v) is 16.7. The van der Waals surface area contributed by atoms with Crippen LogP contribution < -0.4 is 14.2 Å². The summed E-state index contributed by atoms with van der Waals surface area (Å²) in [7, 11) is 0. The Labute approximate surface area is 174 Å². The molecule has 0 aliphatic heterocycles. The van der Waals surface area contributed by atoms with Gasteiger partial charge in [-0.2, -0.15) is 0 Å². The van der Waals surface area contributed by atoms with E-state index in [0.29, 0.717) is 11.5 Å². The van der Waals surface area contributed by atoms with Gasteiger partial charge in [0.2, 0.25) is 0 Å². The second-order valence-electron chi connectivity index (χ2n) is 6.24. The third kappa shape index (κ3) is 6.30. The maximum Gasteiger partial charge on any atom is 0.331 e. The first-order chi connectivity index (χ1) is 14.5. The van der Waals surface area contributed by atoms with E-state index in [2.05, 4.69) is 21.5 Å². The molecule has 0 aliphatic rings. The lowest BCUT2D eigenvalue weighted by atomic mass is 10.2. The van der Waals surface area contributed by atoms with E-state index in [-0.39, 0.29) is 31.2 Å². The van der Waals surface area contributed by atoms with E-state index >= 15 is 0 Å². The van der Waals surface area contributed by atoms with Gasteiger partial charge in [-0.15, -0.1) is 15.0 Å². The Kier molecular flexibility index (Phi) is 6.94. The molecule has 8 nitrogen and oxygen atoms in total. The summed E-state index contributed by atoms with van der Waals surface area (Å²) in [6.45, 7) is 7.28. The smallest absolute Gasteiger partial charge is 0.331 e. The molecule has 0 saturated heterocycles. The Hall–Kier alpha value is -3.94. The summed E-state index contributed by atoms with van der Waals surface area (Å²) in [5, 5.41) is 0. The summed E-state index contributed by atoms with van der Waals surface area (Å²) in [5.41, 5.74) is 2.05. The van der Waals surface area contributed by atoms with Crippen molar-refractivity contribution in [2.24, 2.45) is 0 Å². The second-order valence-corrected chi connectivity index (χ2v) is 6.24. The van der Waals surface area contributed by atoms with E-state index in [4.69, 9.17) is 18.9 Å². The van der Waals surface area contributed by atoms with Crippen molar-refractivity contribution in [1.29, 1.82) is 0 Å². The maximum absolute atomic E-state index is 11.1. The molecule has 0 bridgehead atoms. The molecule has 8 heteroatoms. The quantitative estimate of drug-likeness (QED) is 0.296. The van der Waals surface area contributed by atoms with E-state index in [1.165, 1.54) is 0 Å². The van der Waals surface area contributed by atoms with Gasteiger partial charge in [-0.25, -0.2) is 4.79 Å². The largest absolute Gasteiger partial charge is 0.460 e. The van der Waals surface area contributed by atoms with Gasteiger partial charge in [0.1, 0.15) is 24.7 Å². The summed E-state index contributed by atoms with van der Waals surface area (Å²) in [5.74, 6) is 0.586. The lowest BCUT2D eigenvalue weighted by Gasteiger charge is -2.10. The van der Waals surface area contributed by atoms with Gasteiger partial charge in [-0.3, -0.25) is 0 Å². The van der Waals surface area contributed by atoms with Crippen LogP contribution in [0.1, 0.15) is 11.1 Å². The average Bonchev–Trinajstić information content (AvgIpc) is 2.71. The van der Waals surface area contributed by atoms with Gasteiger partial charge in [0.25, 0.3) is 0 Å². The van der Waals surface area contributed by atoms with Crippen LogP contribution in [0.3, 0.4) is 0 Å². The molecule has 3 aromatic rings. The molecule has 0 saturated carbocycles. The lowest BCUT2D eigenvalue weighted by molar-refractivity contribution is -0.138. The third-order valence-corrected chi connectivity index (χ3v) is 3.70. The van der Waals surface area contributed by atoms with Crippen LogP contribution in [-0.2, 0) is 9.53 Å². The van der Waals surface area contributed by atoms with Gasteiger partial charge in [0.05, 0.1) is 0 Å². The Bertz CT molecular complexity index is 973. The number of esters is 1. The first-order valence-corrected chi connectivity index (χ1v) is 9.19. The SMILES string of the molecule is C=CC(=O)OCCOc1nc(Oc2cccc(C)c2)nc(Oc2cccc(C)c2)n1. The molecule has 0 amide bonds. The lowest BCUT2D eigenvalue weighted by Crippen LogP contribution is -2.12. The molecule has 3 rings (SSSR count). The van der Waals surface area contributed by atoms with Crippen LogP contribution in [0, 0.1) is 13.8 Å². The summed E-state index contributed by atoms with van der Waals surface area (Å²) < 4.78 is 21.8. The van der Waals surface area contributed by atoms with Gasteiger partial charge in [-0.1, -0.05) is 30.8 Å². The molecule has 0 atom stereocenters. The molecule has 0 aliphatic carbocycles. The normalized spacial score (nSPS) is 10.2. The molecule has 2 aromatic carbocycles. The third-order valence-electron chi connectivity index (χ3n) is 3.70. The average molecular weight is 407 g/mol. The number of hydrogen-bond donors (Lipinski definition) is 0. The van der Waals surface area contributed by atoms with Crippen LogP contribution in [0.15, 0.2) is 61.2 Å². The van der Waals surface area contributed by atoms with Crippen LogP contribution in [0.25, 0.3) is 0 Å². The predicted molar refractivity (Wildman–Crippen MR) is 109 cm³/mol. The van der Waals surface area contributed by atoms with E-state index in [9.17, 15) is 4.79 Å². The Balaban J connectivity index is 1.79. The standard InChI is InChI=1S/C22H21N3O5/c1-4-19(26)27-11-12-28-20-23-21(29-17-9-5-7-15(2)13-17)25-22(24-20)30-18-10-6-8-16(3)14-18/h4-10,13-14H,1,11-12H2,2-3H3. The van der Waals surface area contributed by atoms with Crippen LogP contribution in [0.5, 0.6) is 29.5 Å².